The molecule has 0 aliphatic carbocycles. The summed E-state index contributed by atoms with van der Waals surface area (Å²) in [5.74, 6) is -0.201. The Bertz CT molecular complexity index is 402. The smallest absolute Gasteiger partial charge is 0.251 e. The number of hydrogen-bond acceptors (Lipinski definition) is 2. The van der Waals surface area contributed by atoms with Gasteiger partial charge in [-0.15, -0.1) is 13.2 Å². The number of nitrogens with one attached hydrogen (secondary N) is 1. The number of hydrogen-bond donors (Lipinski definition) is 2. The van der Waals surface area contributed by atoms with E-state index in [0.717, 1.165) is 0 Å². The highest BCUT2D eigenvalue weighted by atomic mass is 16.3. The van der Waals surface area contributed by atoms with Crippen molar-refractivity contribution in [3.8, 4) is 0 Å². The highest BCUT2D eigenvalue weighted by Crippen LogP contribution is 2.17. The summed E-state index contributed by atoms with van der Waals surface area (Å²) in [5.41, 5.74) is -0.139. The first-order chi connectivity index (χ1) is 8.67. The summed E-state index contributed by atoms with van der Waals surface area (Å²) in [5, 5.41) is 12.4. The third-order valence-electron chi connectivity index (χ3n) is 2.79. The summed E-state index contributed by atoms with van der Waals surface area (Å²) in [6.45, 7) is 7.17. The van der Waals surface area contributed by atoms with Gasteiger partial charge in [-0.3, -0.25) is 4.79 Å². The summed E-state index contributed by atoms with van der Waals surface area (Å²) in [6.07, 6.45) is 4.36. The Morgan fingerprint density at radius 2 is 1.78 bits per heavy atom. The second kappa shape index (κ2) is 6.77. The number of amides is 1. The predicted molar refractivity (Wildman–Crippen MR) is 73.4 cm³/mol. The number of carbonyl (C=O) groups excluding carboxylic acids is 1. The molecule has 1 rings (SSSR count). The Morgan fingerprint density at radius 1 is 1.22 bits per heavy atom. The van der Waals surface area contributed by atoms with Crippen molar-refractivity contribution in [1.29, 1.82) is 0 Å². The van der Waals surface area contributed by atoms with Crippen LogP contribution in [0.5, 0.6) is 0 Å². The van der Waals surface area contributed by atoms with Crippen LogP contribution in [-0.2, 0) is 0 Å². The topological polar surface area (TPSA) is 49.3 Å². The van der Waals surface area contributed by atoms with E-state index in [1.54, 1.807) is 36.4 Å². The maximum atomic E-state index is 12.1. The molecule has 0 fully saturated rings. The molecule has 0 saturated heterocycles. The van der Waals surface area contributed by atoms with E-state index in [4.69, 9.17) is 0 Å². The van der Waals surface area contributed by atoms with E-state index in [9.17, 15) is 9.90 Å². The lowest BCUT2D eigenvalue weighted by Crippen LogP contribution is -2.50. The quantitative estimate of drug-likeness (QED) is 0.724. The van der Waals surface area contributed by atoms with Crippen LogP contribution in [0.25, 0.3) is 0 Å². The van der Waals surface area contributed by atoms with Gasteiger partial charge in [0.1, 0.15) is 0 Å². The fourth-order valence-electron chi connectivity index (χ4n) is 1.81. The van der Waals surface area contributed by atoms with Gasteiger partial charge in [0, 0.05) is 5.56 Å². The van der Waals surface area contributed by atoms with E-state index >= 15 is 0 Å². The molecule has 1 aromatic carbocycles. The lowest BCUT2D eigenvalue weighted by atomic mass is 9.91. The molecule has 0 aliphatic rings. The van der Waals surface area contributed by atoms with Crippen LogP contribution >= 0.6 is 0 Å². The van der Waals surface area contributed by atoms with Crippen LogP contribution in [0.1, 0.15) is 23.2 Å². The summed E-state index contributed by atoms with van der Waals surface area (Å²) in [6, 6.07) is 8.93. The summed E-state index contributed by atoms with van der Waals surface area (Å²) in [4.78, 5) is 12.1. The molecule has 0 saturated carbocycles. The maximum absolute atomic E-state index is 12.1. The predicted octanol–water partition coefficient (Wildman–Crippen LogP) is 2.30. The Labute approximate surface area is 108 Å². The molecule has 0 radical (unpaired) electrons. The van der Waals surface area contributed by atoms with Crippen LogP contribution in [0.3, 0.4) is 0 Å². The molecule has 0 aliphatic heterocycles. The Balaban J connectivity index is 2.86. The first-order valence-electron chi connectivity index (χ1n) is 5.87. The number of benzene rings is 1. The minimum Gasteiger partial charge on any atom is -0.394 e. The lowest BCUT2D eigenvalue weighted by Gasteiger charge is -2.31. The average Bonchev–Trinajstić information content (AvgIpc) is 2.40. The third kappa shape index (κ3) is 3.57. The molecule has 0 unspecified atom stereocenters. The first-order valence-corrected chi connectivity index (χ1v) is 5.87. The molecule has 3 nitrogen and oxygen atoms in total. The second-order valence-corrected chi connectivity index (χ2v) is 4.24. The highest BCUT2D eigenvalue weighted by molar-refractivity contribution is 5.94. The van der Waals surface area contributed by atoms with Crippen LogP contribution in [-0.4, -0.2) is 23.2 Å². The van der Waals surface area contributed by atoms with Gasteiger partial charge < -0.3 is 10.4 Å². The summed E-state index contributed by atoms with van der Waals surface area (Å²) >= 11 is 0. The van der Waals surface area contributed by atoms with Gasteiger partial charge in [-0.25, -0.2) is 0 Å². The molecule has 0 bridgehead atoms. The van der Waals surface area contributed by atoms with Crippen molar-refractivity contribution in [1.82, 2.24) is 5.32 Å². The zero-order valence-electron chi connectivity index (χ0n) is 10.4. The monoisotopic (exact) mass is 245 g/mol. The molecule has 96 valence electrons. The number of aliphatic hydroxyl groups excluding tert-OH is 1. The molecule has 18 heavy (non-hydrogen) atoms. The summed E-state index contributed by atoms with van der Waals surface area (Å²) < 4.78 is 0. The van der Waals surface area contributed by atoms with Crippen molar-refractivity contribution in [3.63, 3.8) is 0 Å². The normalized spacial score (nSPS) is 10.7. The van der Waals surface area contributed by atoms with Crippen LogP contribution in [0.15, 0.2) is 55.6 Å². The molecule has 1 aromatic rings. The first kappa shape index (κ1) is 14.2. The fraction of sp³-hybridized carbons (Fsp3) is 0.267. The van der Waals surface area contributed by atoms with E-state index in [-0.39, 0.29) is 12.5 Å². The van der Waals surface area contributed by atoms with Crippen molar-refractivity contribution in [2.45, 2.75) is 18.4 Å². The standard InChI is InChI=1S/C15H19NO2/c1-3-10-15(12-17,11-4-2)16-14(18)13-8-6-5-7-9-13/h3-9,17H,1-2,10-12H2,(H,16,18). The molecule has 0 aromatic heterocycles. The highest BCUT2D eigenvalue weighted by Gasteiger charge is 2.28. The van der Waals surface area contributed by atoms with Crippen molar-refractivity contribution in [3.05, 3.63) is 61.2 Å². The van der Waals surface area contributed by atoms with Gasteiger partial charge in [0.25, 0.3) is 5.91 Å². The minimum atomic E-state index is -0.712. The van der Waals surface area contributed by atoms with E-state index in [2.05, 4.69) is 18.5 Å². The SMILES string of the molecule is C=CCC(CO)(CC=C)NC(=O)c1ccccc1. The van der Waals surface area contributed by atoms with Gasteiger partial charge in [0.05, 0.1) is 12.1 Å². The molecule has 0 atom stereocenters. The van der Waals surface area contributed by atoms with E-state index in [1.807, 2.05) is 6.07 Å². The van der Waals surface area contributed by atoms with E-state index in [0.29, 0.717) is 18.4 Å². The zero-order valence-corrected chi connectivity index (χ0v) is 10.4. The van der Waals surface area contributed by atoms with Crippen molar-refractivity contribution >= 4 is 5.91 Å². The van der Waals surface area contributed by atoms with Crippen LogP contribution in [0, 0.1) is 0 Å². The maximum Gasteiger partial charge on any atom is 0.251 e. The third-order valence-corrected chi connectivity index (χ3v) is 2.79. The van der Waals surface area contributed by atoms with E-state index in [1.165, 1.54) is 0 Å². The van der Waals surface area contributed by atoms with Gasteiger partial charge in [0.15, 0.2) is 0 Å². The summed E-state index contributed by atoms with van der Waals surface area (Å²) in [7, 11) is 0. The van der Waals surface area contributed by atoms with Crippen molar-refractivity contribution in [2.24, 2.45) is 0 Å². The molecular weight excluding hydrogens is 226 g/mol. The van der Waals surface area contributed by atoms with Crippen LogP contribution < -0.4 is 5.32 Å². The van der Waals surface area contributed by atoms with Gasteiger partial charge in [-0.2, -0.15) is 0 Å². The van der Waals surface area contributed by atoms with Crippen molar-refractivity contribution in [2.75, 3.05) is 6.61 Å². The molecule has 3 heteroatoms. The Morgan fingerprint density at radius 3 is 2.22 bits per heavy atom. The van der Waals surface area contributed by atoms with Gasteiger partial charge in [0.2, 0.25) is 0 Å². The molecule has 2 N–H and O–H groups in total. The van der Waals surface area contributed by atoms with Gasteiger partial charge in [-0.1, -0.05) is 30.4 Å². The average molecular weight is 245 g/mol. The fourth-order valence-corrected chi connectivity index (χ4v) is 1.81. The van der Waals surface area contributed by atoms with Crippen LogP contribution in [0.4, 0.5) is 0 Å². The second-order valence-electron chi connectivity index (χ2n) is 4.24. The lowest BCUT2D eigenvalue weighted by molar-refractivity contribution is 0.0837. The Hall–Kier alpha value is -1.87. The molecular formula is C15H19NO2. The molecule has 0 spiro atoms. The van der Waals surface area contributed by atoms with Gasteiger partial charge in [-0.05, 0) is 25.0 Å². The largest absolute Gasteiger partial charge is 0.394 e. The zero-order chi connectivity index (χ0) is 13.4. The molecule has 0 heterocycles. The Kier molecular flexibility index (Phi) is 5.33. The van der Waals surface area contributed by atoms with E-state index < -0.39 is 5.54 Å². The van der Waals surface area contributed by atoms with Gasteiger partial charge >= 0.3 is 0 Å². The van der Waals surface area contributed by atoms with Crippen molar-refractivity contribution < 1.29 is 9.90 Å². The number of aliphatic hydroxyl groups is 1. The minimum absolute atomic E-state index is 0.149. The number of carbonyl (C=O) groups is 1. The molecule has 1 amide bonds. The number of rotatable bonds is 7. The van der Waals surface area contributed by atoms with Crippen LogP contribution in [0.2, 0.25) is 0 Å².